The standard InChI is InChI=1S/C10H9ClFN3/c1-15-5-9(13)10(14-15)6-2-3-8(12)7(11)4-6/h2-5H,13H2,1H3. The van der Waals surface area contributed by atoms with Crippen molar-refractivity contribution in [2.45, 2.75) is 0 Å². The maximum Gasteiger partial charge on any atom is 0.141 e. The topological polar surface area (TPSA) is 43.8 Å². The Balaban J connectivity index is 2.54. The van der Waals surface area contributed by atoms with Crippen LogP contribution in [0.1, 0.15) is 0 Å². The van der Waals surface area contributed by atoms with Gasteiger partial charge in [0.15, 0.2) is 0 Å². The molecular weight excluding hydrogens is 217 g/mol. The van der Waals surface area contributed by atoms with E-state index in [1.807, 2.05) is 0 Å². The first-order valence-electron chi connectivity index (χ1n) is 4.32. The Morgan fingerprint density at radius 1 is 1.47 bits per heavy atom. The van der Waals surface area contributed by atoms with Crippen LogP contribution in [0.2, 0.25) is 5.02 Å². The van der Waals surface area contributed by atoms with Crippen LogP contribution in [-0.2, 0) is 7.05 Å². The van der Waals surface area contributed by atoms with E-state index in [9.17, 15) is 4.39 Å². The van der Waals surface area contributed by atoms with Gasteiger partial charge in [-0.25, -0.2) is 4.39 Å². The van der Waals surface area contributed by atoms with Crippen molar-refractivity contribution in [3.05, 3.63) is 35.2 Å². The molecule has 0 aliphatic rings. The van der Waals surface area contributed by atoms with Gasteiger partial charge in [-0.3, -0.25) is 4.68 Å². The summed E-state index contributed by atoms with van der Waals surface area (Å²) >= 11 is 5.67. The van der Waals surface area contributed by atoms with Crippen molar-refractivity contribution >= 4 is 17.3 Å². The fourth-order valence-electron chi connectivity index (χ4n) is 1.37. The Bertz CT molecular complexity index is 507. The number of rotatable bonds is 1. The molecule has 5 heteroatoms. The zero-order valence-corrected chi connectivity index (χ0v) is 8.79. The largest absolute Gasteiger partial charge is 0.396 e. The highest BCUT2D eigenvalue weighted by Crippen LogP contribution is 2.27. The van der Waals surface area contributed by atoms with E-state index >= 15 is 0 Å². The second kappa shape index (κ2) is 3.55. The zero-order valence-electron chi connectivity index (χ0n) is 8.04. The quantitative estimate of drug-likeness (QED) is 0.810. The number of hydrogen-bond donors (Lipinski definition) is 1. The van der Waals surface area contributed by atoms with Gasteiger partial charge in [0.05, 0.1) is 10.7 Å². The van der Waals surface area contributed by atoms with Gasteiger partial charge in [-0.05, 0) is 18.2 Å². The van der Waals surface area contributed by atoms with Crippen LogP contribution in [0.3, 0.4) is 0 Å². The number of hydrogen-bond acceptors (Lipinski definition) is 2. The van der Waals surface area contributed by atoms with Gasteiger partial charge >= 0.3 is 0 Å². The van der Waals surface area contributed by atoms with Crippen LogP contribution in [0.25, 0.3) is 11.3 Å². The van der Waals surface area contributed by atoms with Crippen LogP contribution >= 0.6 is 11.6 Å². The van der Waals surface area contributed by atoms with Crippen LogP contribution in [0.4, 0.5) is 10.1 Å². The first-order valence-corrected chi connectivity index (χ1v) is 4.70. The SMILES string of the molecule is Cn1cc(N)c(-c2ccc(F)c(Cl)c2)n1. The molecule has 0 bridgehead atoms. The second-order valence-corrected chi connectivity index (χ2v) is 3.64. The van der Waals surface area contributed by atoms with Crippen molar-refractivity contribution < 1.29 is 4.39 Å². The van der Waals surface area contributed by atoms with E-state index in [0.717, 1.165) is 0 Å². The number of halogens is 2. The van der Waals surface area contributed by atoms with Crippen molar-refractivity contribution in [1.29, 1.82) is 0 Å². The molecule has 0 aliphatic carbocycles. The van der Waals surface area contributed by atoms with Gasteiger partial charge in [0.2, 0.25) is 0 Å². The number of benzene rings is 1. The molecule has 0 radical (unpaired) electrons. The molecule has 2 N–H and O–H groups in total. The number of aryl methyl sites for hydroxylation is 1. The molecule has 0 unspecified atom stereocenters. The van der Waals surface area contributed by atoms with Crippen molar-refractivity contribution in [3.63, 3.8) is 0 Å². The molecule has 3 nitrogen and oxygen atoms in total. The molecule has 78 valence electrons. The summed E-state index contributed by atoms with van der Waals surface area (Å²) in [5, 5.41) is 4.23. The molecule has 0 saturated carbocycles. The zero-order chi connectivity index (χ0) is 11.0. The van der Waals surface area contributed by atoms with E-state index in [0.29, 0.717) is 16.9 Å². The summed E-state index contributed by atoms with van der Waals surface area (Å²) in [6.07, 6.45) is 1.69. The minimum Gasteiger partial charge on any atom is -0.396 e. The van der Waals surface area contributed by atoms with Gasteiger partial charge in [0.25, 0.3) is 0 Å². The van der Waals surface area contributed by atoms with Crippen molar-refractivity contribution in [2.24, 2.45) is 7.05 Å². The van der Waals surface area contributed by atoms with Gasteiger partial charge in [-0.1, -0.05) is 11.6 Å². The van der Waals surface area contributed by atoms with Gasteiger partial charge in [0.1, 0.15) is 11.5 Å². The van der Waals surface area contributed by atoms with Crippen LogP contribution in [0, 0.1) is 5.82 Å². The van der Waals surface area contributed by atoms with Gasteiger partial charge in [0, 0.05) is 18.8 Å². The summed E-state index contributed by atoms with van der Waals surface area (Å²) in [4.78, 5) is 0. The normalized spacial score (nSPS) is 10.6. The fraction of sp³-hybridized carbons (Fsp3) is 0.100. The molecule has 1 aromatic carbocycles. The number of anilines is 1. The summed E-state index contributed by atoms with van der Waals surface area (Å²) in [6, 6.07) is 4.40. The Morgan fingerprint density at radius 3 is 2.73 bits per heavy atom. The lowest BCUT2D eigenvalue weighted by Crippen LogP contribution is -1.89. The third-order valence-corrected chi connectivity index (χ3v) is 2.34. The highest BCUT2D eigenvalue weighted by molar-refractivity contribution is 6.31. The van der Waals surface area contributed by atoms with Crippen LogP contribution in [0.15, 0.2) is 24.4 Å². The summed E-state index contributed by atoms with van der Waals surface area (Å²) in [7, 11) is 1.77. The summed E-state index contributed by atoms with van der Waals surface area (Å²) in [5.41, 5.74) is 7.60. The predicted octanol–water partition coefficient (Wildman–Crippen LogP) is 2.46. The number of nitrogen functional groups attached to an aromatic ring is 1. The summed E-state index contributed by atoms with van der Waals surface area (Å²) < 4.78 is 14.5. The van der Waals surface area contributed by atoms with Crippen molar-refractivity contribution in [3.8, 4) is 11.3 Å². The molecule has 1 heterocycles. The molecule has 0 fully saturated rings. The van der Waals surface area contributed by atoms with Crippen molar-refractivity contribution in [2.75, 3.05) is 5.73 Å². The highest BCUT2D eigenvalue weighted by Gasteiger charge is 2.09. The molecule has 2 aromatic rings. The second-order valence-electron chi connectivity index (χ2n) is 3.24. The minimum atomic E-state index is -0.449. The van der Waals surface area contributed by atoms with Crippen molar-refractivity contribution in [1.82, 2.24) is 9.78 Å². The lowest BCUT2D eigenvalue weighted by molar-refractivity contribution is 0.628. The Hall–Kier alpha value is -1.55. The van der Waals surface area contributed by atoms with E-state index in [-0.39, 0.29) is 5.02 Å². The highest BCUT2D eigenvalue weighted by atomic mass is 35.5. The third kappa shape index (κ3) is 1.80. The average molecular weight is 226 g/mol. The molecule has 0 aliphatic heterocycles. The Morgan fingerprint density at radius 2 is 2.20 bits per heavy atom. The fourth-order valence-corrected chi connectivity index (χ4v) is 1.56. The molecule has 1 aromatic heterocycles. The number of aromatic nitrogens is 2. The lowest BCUT2D eigenvalue weighted by Gasteiger charge is -2.00. The van der Waals surface area contributed by atoms with E-state index in [2.05, 4.69) is 5.10 Å². The van der Waals surface area contributed by atoms with Crippen LogP contribution < -0.4 is 5.73 Å². The number of nitrogens with zero attached hydrogens (tertiary/aromatic N) is 2. The van der Waals surface area contributed by atoms with Gasteiger partial charge in [-0.15, -0.1) is 0 Å². The maximum atomic E-state index is 12.9. The molecule has 0 saturated heterocycles. The molecule has 2 rings (SSSR count). The molecule has 0 spiro atoms. The number of nitrogens with two attached hydrogens (primary N) is 1. The Labute approximate surface area is 91.3 Å². The van der Waals surface area contributed by atoms with E-state index in [1.54, 1.807) is 24.0 Å². The summed E-state index contributed by atoms with van der Waals surface area (Å²) in [6.45, 7) is 0. The van der Waals surface area contributed by atoms with Gasteiger partial charge < -0.3 is 5.73 Å². The smallest absolute Gasteiger partial charge is 0.141 e. The first kappa shape index (κ1) is 9.98. The molecular formula is C10H9ClFN3. The average Bonchev–Trinajstić information content (AvgIpc) is 2.50. The van der Waals surface area contributed by atoms with Crippen LogP contribution in [0.5, 0.6) is 0 Å². The van der Waals surface area contributed by atoms with Crippen LogP contribution in [-0.4, -0.2) is 9.78 Å². The first-order chi connectivity index (χ1) is 7.08. The summed E-state index contributed by atoms with van der Waals surface area (Å²) in [5.74, 6) is -0.449. The Kier molecular flexibility index (Phi) is 2.36. The van der Waals surface area contributed by atoms with E-state index in [1.165, 1.54) is 12.1 Å². The van der Waals surface area contributed by atoms with Gasteiger partial charge in [-0.2, -0.15) is 5.10 Å². The monoisotopic (exact) mass is 225 g/mol. The van der Waals surface area contributed by atoms with E-state index < -0.39 is 5.82 Å². The minimum absolute atomic E-state index is 0.0672. The lowest BCUT2D eigenvalue weighted by atomic mass is 10.1. The van der Waals surface area contributed by atoms with E-state index in [4.69, 9.17) is 17.3 Å². The maximum absolute atomic E-state index is 12.9. The molecule has 0 amide bonds. The molecule has 15 heavy (non-hydrogen) atoms. The molecule has 0 atom stereocenters. The predicted molar refractivity (Wildman–Crippen MR) is 58.0 cm³/mol. The third-order valence-electron chi connectivity index (χ3n) is 2.05.